The quantitative estimate of drug-likeness (QED) is 0.780. The Balaban J connectivity index is 2.82. The van der Waals surface area contributed by atoms with Crippen molar-refractivity contribution in [2.24, 2.45) is 0 Å². The average molecular weight is 296 g/mol. The predicted molar refractivity (Wildman–Crippen MR) is 60.2 cm³/mol. The molecule has 0 aliphatic rings. The fourth-order valence-electron chi connectivity index (χ4n) is 1.10. The number of carbonyl (C=O) groups is 1. The standard InChI is InChI=1S/C10H9BrClFO2/c11-9-2-1-7(3-8(14)5-12)4-10(9)15-6-13/h1-2,4H,3,5-6H2. The Hall–Kier alpha value is -0.610. The van der Waals surface area contributed by atoms with Crippen molar-refractivity contribution >= 4 is 33.3 Å². The lowest BCUT2D eigenvalue weighted by atomic mass is 10.1. The molecule has 0 aliphatic heterocycles. The maximum absolute atomic E-state index is 12.0. The summed E-state index contributed by atoms with van der Waals surface area (Å²) in [6.45, 7) is -0.897. The maximum atomic E-state index is 12.0. The van der Waals surface area contributed by atoms with Crippen LogP contribution in [0.15, 0.2) is 22.7 Å². The van der Waals surface area contributed by atoms with Gasteiger partial charge in [-0.15, -0.1) is 11.6 Å². The number of hydrogen-bond acceptors (Lipinski definition) is 2. The Morgan fingerprint density at radius 2 is 2.27 bits per heavy atom. The Kier molecular flexibility index (Phi) is 5.05. The molecule has 0 atom stereocenters. The number of Topliss-reactive ketones (excluding diaryl/α,β-unsaturated/α-hetero) is 1. The molecule has 0 saturated carbocycles. The summed E-state index contributed by atoms with van der Waals surface area (Å²) in [6, 6.07) is 5.09. The summed E-state index contributed by atoms with van der Waals surface area (Å²) >= 11 is 8.60. The van der Waals surface area contributed by atoms with Gasteiger partial charge in [0.1, 0.15) is 5.75 Å². The monoisotopic (exact) mass is 294 g/mol. The minimum absolute atomic E-state index is 0.0185. The lowest BCUT2D eigenvalue weighted by Gasteiger charge is -2.06. The van der Waals surface area contributed by atoms with Crippen molar-refractivity contribution in [3.8, 4) is 5.75 Å². The van der Waals surface area contributed by atoms with Gasteiger partial charge in [0.15, 0.2) is 5.78 Å². The number of benzene rings is 1. The van der Waals surface area contributed by atoms with E-state index in [-0.39, 0.29) is 18.1 Å². The number of rotatable bonds is 5. The maximum Gasteiger partial charge on any atom is 0.228 e. The molecule has 15 heavy (non-hydrogen) atoms. The second-order valence-corrected chi connectivity index (χ2v) is 3.99. The third-order valence-corrected chi connectivity index (χ3v) is 2.71. The van der Waals surface area contributed by atoms with Gasteiger partial charge in [-0.3, -0.25) is 4.79 Å². The van der Waals surface area contributed by atoms with Crippen LogP contribution in [0.5, 0.6) is 5.75 Å². The lowest BCUT2D eigenvalue weighted by molar-refractivity contribution is -0.116. The van der Waals surface area contributed by atoms with E-state index >= 15 is 0 Å². The molecular formula is C10H9BrClFO2. The summed E-state index contributed by atoms with van der Waals surface area (Å²) in [5.41, 5.74) is 0.757. The molecule has 0 fully saturated rings. The highest BCUT2D eigenvalue weighted by Gasteiger charge is 2.06. The van der Waals surface area contributed by atoms with Crippen LogP contribution in [0, 0.1) is 0 Å². The second-order valence-electron chi connectivity index (χ2n) is 2.87. The molecule has 5 heteroatoms. The Morgan fingerprint density at radius 1 is 1.53 bits per heavy atom. The number of hydrogen-bond donors (Lipinski definition) is 0. The van der Waals surface area contributed by atoms with Gasteiger partial charge in [-0.1, -0.05) is 6.07 Å². The molecule has 0 radical (unpaired) electrons. The van der Waals surface area contributed by atoms with Crippen LogP contribution in [0.3, 0.4) is 0 Å². The molecule has 2 nitrogen and oxygen atoms in total. The number of halogens is 3. The predicted octanol–water partition coefficient (Wildman–Crippen LogP) is 3.11. The van der Waals surface area contributed by atoms with Gasteiger partial charge in [0, 0.05) is 6.42 Å². The lowest BCUT2D eigenvalue weighted by Crippen LogP contribution is -2.04. The van der Waals surface area contributed by atoms with E-state index in [0.29, 0.717) is 10.2 Å². The molecule has 1 rings (SSSR count). The Labute approximate surface area is 101 Å². The first-order valence-corrected chi connectivity index (χ1v) is 5.55. The van der Waals surface area contributed by atoms with Crippen LogP contribution in [-0.4, -0.2) is 18.5 Å². The summed E-state index contributed by atoms with van der Waals surface area (Å²) in [7, 11) is 0. The van der Waals surface area contributed by atoms with E-state index in [1.54, 1.807) is 18.2 Å². The van der Waals surface area contributed by atoms with Gasteiger partial charge < -0.3 is 4.74 Å². The van der Waals surface area contributed by atoms with E-state index < -0.39 is 6.86 Å². The van der Waals surface area contributed by atoms with Crippen molar-refractivity contribution in [1.82, 2.24) is 0 Å². The van der Waals surface area contributed by atoms with Crippen LogP contribution in [0.4, 0.5) is 4.39 Å². The van der Waals surface area contributed by atoms with Crippen LogP contribution in [0.25, 0.3) is 0 Å². The van der Waals surface area contributed by atoms with Crippen molar-refractivity contribution in [3.05, 3.63) is 28.2 Å². The molecule has 0 unspecified atom stereocenters. The van der Waals surface area contributed by atoms with Crippen LogP contribution in [0.2, 0.25) is 0 Å². The summed E-state index contributed by atoms with van der Waals surface area (Å²) in [5, 5.41) is 0. The minimum Gasteiger partial charge on any atom is -0.462 e. The van der Waals surface area contributed by atoms with Gasteiger partial charge in [0.05, 0.1) is 10.4 Å². The first-order valence-electron chi connectivity index (χ1n) is 4.22. The fourth-order valence-corrected chi connectivity index (χ4v) is 1.56. The highest BCUT2D eigenvalue weighted by Crippen LogP contribution is 2.26. The molecule has 0 aliphatic carbocycles. The summed E-state index contributed by atoms with van der Waals surface area (Å²) in [4.78, 5) is 11.1. The first kappa shape index (κ1) is 12.5. The molecule has 1 aromatic carbocycles. The number of ketones is 1. The van der Waals surface area contributed by atoms with E-state index in [9.17, 15) is 9.18 Å². The molecule has 0 bridgehead atoms. The molecule has 0 saturated heterocycles. The largest absolute Gasteiger partial charge is 0.462 e. The van der Waals surface area contributed by atoms with Crippen molar-refractivity contribution in [3.63, 3.8) is 0 Å². The Bertz CT molecular complexity index is 357. The molecule has 82 valence electrons. The van der Waals surface area contributed by atoms with E-state index in [1.165, 1.54) is 0 Å². The molecule has 0 amide bonds. The van der Waals surface area contributed by atoms with Crippen molar-refractivity contribution in [2.45, 2.75) is 6.42 Å². The van der Waals surface area contributed by atoms with Crippen molar-refractivity contribution in [2.75, 3.05) is 12.7 Å². The first-order chi connectivity index (χ1) is 7.17. The fraction of sp³-hybridized carbons (Fsp3) is 0.300. The van der Waals surface area contributed by atoms with Crippen molar-refractivity contribution in [1.29, 1.82) is 0 Å². The number of ether oxygens (including phenoxy) is 1. The minimum atomic E-state index is -0.897. The summed E-state index contributed by atoms with van der Waals surface area (Å²) < 4.78 is 17.4. The topological polar surface area (TPSA) is 26.3 Å². The number of alkyl halides is 2. The zero-order chi connectivity index (χ0) is 11.3. The zero-order valence-corrected chi connectivity index (χ0v) is 10.1. The van der Waals surface area contributed by atoms with E-state index in [1.807, 2.05) is 0 Å². The molecule has 0 heterocycles. The molecule has 0 N–H and O–H groups in total. The van der Waals surface area contributed by atoms with Gasteiger partial charge in [-0.25, -0.2) is 4.39 Å². The molecular weight excluding hydrogens is 286 g/mol. The van der Waals surface area contributed by atoms with Crippen LogP contribution < -0.4 is 4.74 Å². The zero-order valence-electron chi connectivity index (χ0n) is 7.80. The smallest absolute Gasteiger partial charge is 0.228 e. The summed E-state index contributed by atoms with van der Waals surface area (Å²) in [5.74, 6) is 0.289. The normalized spacial score (nSPS) is 10.1. The highest BCUT2D eigenvalue weighted by molar-refractivity contribution is 9.10. The van der Waals surface area contributed by atoms with Crippen molar-refractivity contribution < 1.29 is 13.9 Å². The van der Waals surface area contributed by atoms with Gasteiger partial charge in [0.2, 0.25) is 6.86 Å². The molecule has 0 aromatic heterocycles. The highest BCUT2D eigenvalue weighted by atomic mass is 79.9. The van der Waals surface area contributed by atoms with Gasteiger partial charge >= 0.3 is 0 Å². The summed E-state index contributed by atoms with van der Waals surface area (Å²) in [6.07, 6.45) is 0.236. The van der Waals surface area contributed by atoms with E-state index in [0.717, 1.165) is 5.56 Å². The molecule has 0 spiro atoms. The van der Waals surface area contributed by atoms with Crippen LogP contribution in [0.1, 0.15) is 5.56 Å². The van der Waals surface area contributed by atoms with E-state index in [4.69, 9.17) is 16.3 Å². The van der Waals surface area contributed by atoms with Gasteiger partial charge in [0.25, 0.3) is 0 Å². The SMILES string of the molecule is O=C(CCl)Cc1ccc(Br)c(OCF)c1. The molecule has 1 aromatic rings. The third-order valence-electron chi connectivity index (χ3n) is 1.76. The average Bonchev–Trinajstić information content (AvgIpc) is 2.23. The van der Waals surface area contributed by atoms with E-state index in [2.05, 4.69) is 15.9 Å². The van der Waals surface area contributed by atoms with Gasteiger partial charge in [-0.2, -0.15) is 0 Å². The van der Waals surface area contributed by atoms with Crippen LogP contribution in [-0.2, 0) is 11.2 Å². The van der Waals surface area contributed by atoms with Gasteiger partial charge in [-0.05, 0) is 33.6 Å². The third kappa shape index (κ3) is 3.80. The van der Waals surface area contributed by atoms with Crippen LogP contribution >= 0.6 is 27.5 Å². The number of carbonyl (C=O) groups excluding carboxylic acids is 1. The Morgan fingerprint density at radius 3 is 2.87 bits per heavy atom. The second kappa shape index (κ2) is 6.08.